The lowest BCUT2D eigenvalue weighted by atomic mass is 9.77. The summed E-state index contributed by atoms with van der Waals surface area (Å²) in [5.74, 6) is 1.65. The predicted octanol–water partition coefficient (Wildman–Crippen LogP) is 5.38. The molecule has 1 saturated carbocycles. The second-order valence-corrected chi connectivity index (χ2v) is 8.32. The summed E-state index contributed by atoms with van der Waals surface area (Å²) in [5.41, 5.74) is 0. The SMILES string of the molecule is CC(NC1CCCCC1C(C)C)c1ccc(Br)s1. The molecule has 1 aromatic heterocycles. The number of halogens is 1. The molecule has 18 heavy (non-hydrogen) atoms. The van der Waals surface area contributed by atoms with Crippen molar-refractivity contribution >= 4 is 27.3 Å². The minimum atomic E-state index is 0.477. The summed E-state index contributed by atoms with van der Waals surface area (Å²) in [6.07, 6.45) is 5.55. The molecule has 0 radical (unpaired) electrons. The van der Waals surface area contributed by atoms with Gasteiger partial charge in [0.15, 0.2) is 0 Å². The molecule has 1 N–H and O–H groups in total. The van der Waals surface area contributed by atoms with Gasteiger partial charge >= 0.3 is 0 Å². The normalized spacial score (nSPS) is 26.5. The van der Waals surface area contributed by atoms with Crippen LogP contribution in [0, 0.1) is 11.8 Å². The molecular formula is C15H24BrNS. The fourth-order valence-electron chi connectivity index (χ4n) is 3.13. The molecule has 3 heteroatoms. The zero-order valence-corrected chi connectivity index (χ0v) is 14.0. The molecule has 1 heterocycles. The molecule has 1 aliphatic rings. The van der Waals surface area contributed by atoms with Crippen molar-refractivity contribution in [1.29, 1.82) is 0 Å². The first kappa shape index (κ1) is 14.5. The Balaban J connectivity index is 1.98. The predicted molar refractivity (Wildman–Crippen MR) is 84.2 cm³/mol. The van der Waals surface area contributed by atoms with Crippen molar-refractivity contribution in [3.8, 4) is 0 Å². The maximum Gasteiger partial charge on any atom is 0.0701 e. The van der Waals surface area contributed by atoms with E-state index in [-0.39, 0.29) is 0 Å². The van der Waals surface area contributed by atoms with Crippen molar-refractivity contribution < 1.29 is 0 Å². The minimum Gasteiger partial charge on any atom is -0.306 e. The number of rotatable bonds is 4. The Kier molecular flexibility index (Phi) is 5.28. The van der Waals surface area contributed by atoms with E-state index in [9.17, 15) is 0 Å². The van der Waals surface area contributed by atoms with Gasteiger partial charge in [0.1, 0.15) is 0 Å². The highest BCUT2D eigenvalue weighted by Crippen LogP contribution is 2.33. The molecule has 2 rings (SSSR count). The molecule has 0 aliphatic heterocycles. The van der Waals surface area contributed by atoms with Crippen LogP contribution in [-0.4, -0.2) is 6.04 Å². The van der Waals surface area contributed by atoms with Gasteiger partial charge in [0.05, 0.1) is 3.79 Å². The van der Waals surface area contributed by atoms with E-state index in [1.165, 1.54) is 34.3 Å². The zero-order valence-electron chi connectivity index (χ0n) is 11.6. The van der Waals surface area contributed by atoms with Crippen LogP contribution in [0.5, 0.6) is 0 Å². The Morgan fingerprint density at radius 2 is 1.94 bits per heavy atom. The number of nitrogens with one attached hydrogen (secondary N) is 1. The van der Waals surface area contributed by atoms with Gasteiger partial charge in [0.2, 0.25) is 0 Å². The second kappa shape index (κ2) is 6.53. The molecule has 0 saturated heterocycles. The first-order valence-corrected chi connectivity index (χ1v) is 8.70. The van der Waals surface area contributed by atoms with Crippen LogP contribution in [0.3, 0.4) is 0 Å². The lowest BCUT2D eigenvalue weighted by Crippen LogP contribution is -2.41. The van der Waals surface area contributed by atoms with Crippen LogP contribution >= 0.6 is 27.3 Å². The highest BCUT2D eigenvalue weighted by Gasteiger charge is 2.28. The van der Waals surface area contributed by atoms with Gasteiger partial charge in [-0.15, -0.1) is 11.3 Å². The van der Waals surface area contributed by atoms with E-state index in [0.717, 1.165) is 11.8 Å². The molecule has 3 atom stereocenters. The van der Waals surface area contributed by atoms with Crippen LogP contribution in [-0.2, 0) is 0 Å². The van der Waals surface area contributed by atoms with Gasteiger partial charge in [-0.1, -0.05) is 26.7 Å². The molecule has 3 unspecified atom stereocenters. The maximum atomic E-state index is 3.87. The fourth-order valence-corrected chi connectivity index (χ4v) is 4.56. The summed E-state index contributed by atoms with van der Waals surface area (Å²) in [5, 5.41) is 3.87. The van der Waals surface area contributed by atoms with Crippen molar-refractivity contribution in [3.05, 3.63) is 20.8 Å². The molecule has 0 amide bonds. The molecule has 1 aliphatic carbocycles. The van der Waals surface area contributed by atoms with E-state index in [1.54, 1.807) is 0 Å². The number of thiophene rings is 1. The fraction of sp³-hybridized carbons (Fsp3) is 0.733. The monoisotopic (exact) mass is 329 g/mol. The number of hydrogen-bond acceptors (Lipinski definition) is 2. The third kappa shape index (κ3) is 3.58. The van der Waals surface area contributed by atoms with Gasteiger partial charge in [-0.3, -0.25) is 0 Å². The van der Waals surface area contributed by atoms with E-state index in [1.807, 2.05) is 11.3 Å². The lowest BCUT2D eigenvalue weighted by Gasteiger charge is -2.36. The minimum absolute atomic E-state index is 0.477. The van der Waals surface area contributed by atoms with E-state index >= 15 is 0 Å². The summed E-state index contributed by atoms with van der Waals surface area (Å²) in [7, 11) is 0. The van der Waals surface area contributed by atoms with Crippen LogP contribution in [0.1, 0.15) is 57.4 Å². The topological polar surface area (TPSA) is 12.0 Å². The van der Waals surface area contributed by atoms with Gasteiger partial charge in [-0.2, -0.15) is 0 Å². The average molecular weight is 330 g/mol. The van der Waals surface area contributed by atoms with Crippen molar-refractivity contribution in [1.82, 2.24) is 5.32 Å². The Bertz CT molecular complexity index is 374. The summed E-state index contributed by atoms with van der Waals surface area (Å²) >= 11 is 5.40. The Labute approximate surface area is 123 Å². The maximum absolute atomic E-state index is 3.87. The highest BCUT2D eigenvalue weighted by molar-refractivity contribution is 9.11. The van der Waals surface area contributed by atoms with E-state index in [2.05, 4.69) is 54.2 Å². The Hall–Kier alpha value is 0.140. The molecule has 1 fully saturated rings. The van der Waals surface area contributed by atoms with Crippen LogP contribution in [0.4, 0.5) is 0 Å². The smallest absolute Gasteiger partial charge is 0.0701 e. The van der Waals surface area contributed by atoms with Crippen LogP contribution in [0.2, 0.25) is 0 Å². The molecular weight excluding hydrogens is 306 g/mol. The average Bonchev–Trinajstić information content (AvgIpc) is 2.76. The summed E-state index contributed by atoms with van der Waals surface area (Å²) in [4.78, 5) is 1.44. The molecule has 102 valence electrons. The highest BCUT2D eigenvalue weighted by atomic mass is 79.9. The van der Waals surface area contributed by atoms with E-state index in [0.29, 0.717) is 12.1 Å². The van der Waals surface area contributed by atoms with Gasteiger partial charge in [0.25, 0.3) is 0 Å². The van der Waals surface area contributed by atoms with E-state index in [4.69, 9.17) is 0 Å². The summed E-state index contributed by atoms with van der Waals surface area (Å²) < 4.78 is 1.23. The van der Waals surface area contributed by atoms with Crippen LogP contribution < -0.4 is 5.32 Å². The van der Waals surface area contributed by atoms with Crippen molar-refractivity contribution in [2.75, 3.05) is 0 Å². The summed E-state index contributed by atoms with van der Waals surface area (Å²) in [6, 6.07) is 5.57. The van der Waals surface area contributed by atoms with Crippen LogP contribution in [0.15, 0.2) is 15.9 Å². The van der Waals surface area contributed by atoms with Crippen molar-refractivity contribution in [2.45, 2.75) is 58.5 Å². The Morgan fingerprint density at radius 3 is 2.56 bits per heavy atom. The van der Waals surface area contributed by atoms with Gasteiger partial charge in [0, 0.05) is 17.0 Å². The summed E-state index contributed by atoms with van der Waals surface area (Å²) in [6.45, 7) is 7.04. The van der Waals surface area contributed by atoms with Crippen LogP contribution in [0.25, 0.3) is 0 Å². The number of hydrogen-bond donors (Lipinski definition) is 1. The Morgan fingerprint density at radius 1 is 1.22 bits per heavy atom. The molecule has 1 nitrogen and oxygen atoms in total. The standard InChI is InChI=1S/C15H24BrNS/c1-10(2)12-6-4-5-7-13(12)17-11(3)14-8-9-15(16)18-14/h8-13,17H,4-7H2,1-3H3. The molecule has 1 aromatic rings. The van der Waals surface area contributed by atoms with Gasteiger partial charge in [-0.25, -0.2) is 0 Å². The molecule has 0 spiro atoms. The van der Waals surface area contributed by atoms with E-state index < -0.39 is 0 Å². The first-order chi connectivity index (χ1) is 8.58. The molecule has 0 aromatic carbocycles. The largest absolute Gasteiger partial charge is 0.306 e. The third-order valence-electron chi connectivity index (χ3n) is 4.16. The zero-order chi connectivity index (χ0) is 13.1. The van der Waals surface area contributed by atoms with Crippen molar-refractivity contribution in [3.63, 3.8) is 0 Å². The quantitative estimate of drug-likeness (QED) is 0.782. The van der Waals surface area contributed by atoms with Gasteiger partial charge < -0.3 is 5.32 Å². The van der Waals surface area contributed by atoms with Gasteiger partial charge in [-0.05, 0) is 59.7 Å². The second-order valence-electron chi connectivity index (χ2n) is 5.83. The van der Waals surface area contributed by atoms with Crippen molar-refractivity contribution in [2.24, 2.45) is 11.8 Å². The molecule has 0 bridgehead atoms. The third-order valence-corrected chi connectivity index (χ3v) is 5.97. The lowest BCUT2D eigenvalue weighted by molar-refractivity contribution is 0.195. The first-order valence-electron chi connectivity index (χ1n) is 7.09.